The normalized spacial score (nSPS) is 13.6. The summed E-state index contributed by atoms with van der Waals surface area (Å²) in [7, 11) is 0. The Balaban J connectivity index is 2.81. The Kier molecular flexibility index (Phi) is 7.13. The fourth-order valence-corrected chi connectivity index (χ4v) is 3.53. The maximum absolute atomic E-state index is 13.6. The summed E-state index contributed by atoms with van der Waals surface area (Å²) in [6.07, 6.45) is 4.31. The van der Waals surface area contributed by atoms with Crippen LogP contribution in [0, 0.1) is 5.82 Å². The third-order valence-electron chi connectivity index (χ3n) is 3.96. The Morgan fingerprint density at radius 3 is 2.35 bits per heavy atom. The van der Waals surface area contributed by atoms with Crippen molar-refractivity contribution >= 4 is 35.0 Å². The number of thioether (sulfide) groups is 1. The Labute approximate surface area is 135 Å². The number of halogens is 3. The molecule has 1 rings (SSSR count). The molecule has 0 amide bonds. The van der Waals surface area contributed by atoms with E-state index in [9.17, 15) is 4.39 Å². The Morgan fingerprint density at radius 2 is 1.85 bits per heavy atom. The Hall–Kier alpha value is 0.0400. The molecule has 0 fully saturated rings. The van der Waals surface area contributed by atoms with E-state index in [0.717, 1.165) is 24.9 Å². The monoisotopic (exact) mass is 337 g/mol. The Bertz CT molecular complexity index is 441. The van der Waals surface area contributed by atoms with Crippen LogP contribution in [-0.2, 0) is 0 Å². The van der Waals surface area contributed by atoms with Gasteiger partial charge in [-0.1, -0.05) is 37.0 Å². The summed E-state index contributed by atoms with van der Waals surface area (Å²) in [6.45, 7) is 7.25. The highest BCUT2D eigenvalue weighted by Gasteiger charge is 2.25. The summed E-state index contributed by atoms with van der Waals surface area (Å²) in [5.74, 6) is -0.429. The highest BCUT2D eigenvalue weighted by atomic mass is 35.5. The second-order valence-electron chi connectivity index (χ2n) is 4.98. The van der Waals surface area contributed by atoms with Gasteiger partial charge < -0.3 is 5.32 Å². The van der Waals surface area contributed by atoms with E-state index >= 15 is 0 Å². The van der Waals surface area contributed by atoms with Crippen LogP contribution >= 0.6 is 35.0 Å². The molecule has 1 aromatic carbocycles. The quantitative estimate of drug-likeness (QED) is 0.640. The first kappa shape index (κ1) is 18.1. The molecule has 0 spiro atoms. The molecule has 0 bridgehead atoms. The van der Waals surface area contributed by atoms with Crippen LogP contribution in [0.25, 0.3) is 0 Å². The van der Waals surface area contributed by atoms with Gasteiger partial charge >= 0.3 is 0 Å². The van der Waals surface area contributed by atoms with E-state index in [1.807, 2.05) is 18.7 Å². The minimum atomic E-state index is -0.429. The largest absolute Gasteiger partial charge is 0.309 e. The number of benzene rings is 1. The molecular formula is C15H22Cl2FNS. The summed E-state index contributed by atoms with van der Waals surface area (Å²) in [4.78, 5) is 0. The summed E-state index contributed by atoms with van der Waals surface area (Å²) in [5, 5.41) is 4.03. The van der Waals surface area contributed by atoms with E-state index in [1.165, 1.54) is 12.1 Å². The molecule has 0 aliphatic rings. The van der Waals surface area contributed by atoms with Gasteiger partial charge in [-0.15, -0.1) is 0 Å². The zero-order valence-electron chi connectivity index (χ0n) is 12.4. The molecule has 1 N–H and O–H groups in total. The number of nitrogens with one attached hydrogen (secondary N) is 1. The third kappa shape index (κ3) is 4.27. The van der Waals surface area contributed by atoms with Gasteiger partial charge in [0.25, 0.3) is 0 Å². The number of rotatable bonds is 7. The number of hydrogen-bond acceptors (Lipinski definition) is 2. The number of hydrogen-bond donors (Lipinski definition) is 1. The minimum absolute atomic E-state index is 0.0149. The molecule has 1 nitrogen and oxygen atoms in total. The van der Waals surface area contributed by atoms with Crippen LogP contribution < -0.4 is 5.32 Å². The second-order valence-corrected chi connectivity index (χ2v) is 7.07. The first-order valence-electron chi connectivity index (χ1n) is 6.82. The first-order valence-corrected chi connectivity index (χ1v) is 8.80. The lowest BCUT2D eigenvalue weighted by Gasteiger charge is -2.31. The van der Waals surface area contributed by atoms with Gasteiger partial charge in [-0.05, 0) is 43.7 Å². The standard InChI is InChI=1S/C15H22Cl2FNS/c1-5-15(6-2,20-4)9-19-10(3)11-7-14(18)13(17)8-12(11)16/h7-8,10,19H,5-6,9H2,1-4H3. The van der Waals surface area contributed by atoms with E-state index in [1.54, 1.807) is 0 Å². The molecule has 0 saturated heterocycles. The van der Waals surface area contributed by atoms with Crippen molar-refractivity contribution in [2.45, 2.75) is 44.4 Å². The van der Waals surface area contributed by atoms with E-state index in [-0.39, 0.29) is 15.8 Å². The van der Waals surface area contributed by atoms with Crippen LogP contribution in [0.4, 0.5) is 4.39 Å². The van der Waals surface area contributed by atoms with Gasteiger partial charge in [-0.2, -0.15) is 11.8 Å². The van der Waals surface area contributed by atoms with Crippen LogP contribution in [-0.4, -0.2) is 17.5 Å². The Morgan fingerprint density at radius 1 is 1.25 bits per heavy atom. The van der Waals surface area contributed by atoms with Gasteiger partial charge in [0.15, 0.2) is 0 Å². The zero-order valence-corrected chi connectivity index (χ0v) is 14.7. The van der Waals surface area contributed by atoms with Gasteiger partial charge in [0.05, 0.1) is 5.02 Å². The fraction of sp³-hybridized carbons (Fsp3) is 0.600. The van der Waals surface area contributed by atoms with Crippen LogP contribution in [0.15, 0.2) is 12.1 Å². The third-order valence-corrected chi connectivity index (χ3v) is 6.16. The van der Waals surface area contributed by atoms with Crippen LogP contribution in [0.3, 0.4) is 0 Å². The average Bonchev–Trinajstić information content (AvgIpc) is 2.44. The highest BCUT2D eigenvalue weighted by Crippen LogP contribution is 2.32. The molecule has 0 aliphatic heterocycles. The molecule has 0 radical (unpaired) electrons. The van der Waals surface area contributed by atoms with Gasteiger partial charge in [-0.3, -0.25) is 0 Å². The molecule has 0 aromatic heterocycles. The SMILES string of the molecule is CCC(CC)(CNC(C)c1cc(F)c(Cl)cc1Cl)SC. The van der Waals surface area contributed by atoms with Crippen molar-refractivity contribution in [1.29, 1.82) is 0 Å². The summed E-state index contributed by atoms with van der Waals surface area (Å²) >= 11 is 13.7. The molecular weight excluding hydrogens is 316 g/mol. The van der Waals surface area contributed by atoms with Gasteiger partial charge in [-0.25, -0.2) is 4.39 Å². The van der Waals surface area contributed by atoms with Crippen molar-refractivity contribution in [1.82, 2.24) is 5.32 Å². The summed E-state index contributed by atoms with van der Waals surface area (Å²) < 4.78 is 13.8. The lowest BCUT2D eigenvalue weighted by molar-refractivity contribution is 0.459. The van der Waals surface area contributed by atoms with E-state index in [0.29, 0.717) is 5.02 Å². The molecule has 5 heteroatoms. The molecule has 0 heterocycles. The highest BCUT2D eigenvalue weighted by molar-refractivity contribution is 8.00. The molecule has 1 aromatic rings. The van der Waals surface area contributed by atoms with E-state index < -0.39 is 5.82 Å². The smallest absolute Gasteiger partial charge is 0.142 e. The van der Waals surface area contributed by atoms with Crippen LogP contribution in [0.1, 0.15) is 45.2 Å². The molecule has 0 saturated carbocycles. The van der Waals surface area contributed by atoms with Crippen molar-refractivity contribution in [2.24, 2.45) is 0 Å². The van der Waals surface area contributed by atoms with Crippen molar-refractivity contribution in [2.75, 3.05) is 12.8 Å². The second kappa shape index (κ2) is 7.88. The van der Waals surface area contributed by atoms with Crippen LogP contribution in [0.5, 0.6) is 0 Å². The average molecular weight is 338 g/mol. The van der Waals surface area contributed by atoms with Gasteiger partial charge in [0, 0.05) is 22.4 Å². The first-order chi connectivity index (χ1) is 9.39. The lowest BCUT2D eigenvalue weighted by Crippen LogP contribution is -2.37. The molecule has 1 unspecified atom stereocenters. The van der Waals surface area contributed by atoms with Crippen molar-refractivity contribution in [3.63, 3.8) is 0 Å². The molecule has 0 aliphatic carbocycles. The van der Waals surface area contributed by atoms with Gasteiger partial charge in [0.2, 0.25) is 0 Å². The van der Waals surface area contributed by atoms with Crippen molar-refractivity contribution in [3.05, 3.63) is 33.6 Å². The zero-order chi connectivity index (χ0) is 15.3. The molecule has 20 heavy (non-hydrogen) atoms. The van der Waals surface area contributed by atoms with Crippen molar-refractivity contribution < 1.29 is 4.39 Å². The van der Waals surface area contributed by atoms with Crippen LogP contribution in [0.2, 0.25) is 10.0 Å². The summed E-state index contributed by atoms with van der Waals surface area (Å²) in [5.41, 5.74) is 0.746. The maximum Gasteiger partial charge on any atom is 0.142 e. The predicted molar refractivity (Wildman–Crippen MR) is 89.7 cm³/mol. The predicted octanol–water partition coefficient (Wildman–Crippen LogP) is 5.70. The minimum Gasteiger partial charge on any atom is -0.309 e. The lowest BCUT2D eigenvalue weighted by atomic mass is 10.0. The van der Waals surface area contributed by atoms with Gasteiger partial charge in [0.1, 0.15) is 5.82 Å². The fourth-order valence-electron chi connectivity index (χ4n) is 2.18. The maximum atomic E-state index is 13.6. The molecule has 1 atom stereocenters. The van der Waals surface area contributed by atoms with Crippen molar-refractivity contribution in [3.8, 4) is 0 Å². The van der Waals surface area contributed by atoms with E-state index in [2.05, 4.69) is 25.4 Å². The summed E-state index contributed by atoms with van der Waals surface area (Å²) in [6, 6.07) is 2.87. The molecule has 114 valence electrons. The topological polar surface area (TPSA) is 12.0 Å². The van der Waals surface area contributed by atoms with E-state index in [4.69, 9.17) is 23.2 Å².